The molecular weight excluding hydrogens is 297 g/mol. The molecule has 0 spiro atoms. The number of rotatable bonds is 1. The van der Waals surface area contributed by atoms with Crippen molar-refractivity contribution in [3.05, 3.63) is 58.8 Å². The number of hydrogen-bond donors (Lipinski definition) is 1. The molecule has 6 heteroatoms. The van der Waals surface area contributed by atoms with Crippen LogP contribution in [-0.4, -0.2) is 15.6 Å². The first kappa shape index (κ1) is 13.0. The molecule has 100 valence electrons. The van der Waals surface area contributed by atoms with Gasteiger partial charge in [0.2, 0.25) is 0 Å². The normalized spacial score (nSPS) is 10.7. The van der Waals surface area contributed by atoms with E-state index >= 15 is 0 Å². The molecule has 0 aliphatic carbocycles. The summed E-state index contributed by atoms with van der Waals surface area (Å²) >= 11 is 12.0. The number of nitrogens with one attached hydrogen (secondary N) is 1. The van der Waals surface area contributed by atoms with E-state index in [0.29, 0.717) is 15.7 Å². The second kappa shape index (κ2) is 5.15. The maximum absolute atomic E-state index is 12.3. The zero-order valence-corrected chi connectivity index (χ0v) is 11.7. The summed E-state index contributed by atoms with van der Waals surface area (Å²) in [6, 6.07) is 12.1. The molecule has 0 aliphatic rings. The van der Waals surface area contributed by atoms with Crippen LogP contribution in [0.4, 0.5) is 10.5 Å². The van der Waals surface area contributed by atoms with Gasteiger partial charge in [-0.15, -0.1) is 0 Å². The molecule has 0 atom stereocenters. The molecule has 2 aromatic carbocycles. The van der Waals surface area contributed by atoms with Gasteiger partial charge in [0.15, 0.2) is 0 Å². The molecule has 4 nitrogen and oxygen atoms in total. The Balaban J connectivity index is 1.95. The number of benzene rings is 2. The summed E-state index contributed by atoms with van der Waals surface area (Å²) in [7, 11) is 0. The van der Waals surface area contributed by atoms with Crippen molar-refractivity contribution in [3.8, 4) is 0 Å². The lowest BCUT2D eigenvalue weighted by atomic mass is 10.3. The van der Waals surface area contributed by atoms with E-state index < -0.39 is 0 Å². The molecule has 0 unspecified atom stereocenters. The van der Waals surface area contributed by atoms with Gasteiger partial charge in [-0.1, -0.05) is 41.4 Å². The molecule has 20 heavy (non-hydrogen) atoms. The van der Waals surface area contributed by atoms with Gasteiger partial charge in [-0.2, -0.15) is 0 Å². The number of carbonyl (C=O) groups is 1. The average Bonchev–Trinajstić information content (AvgIpc) is 2.88. The van der Waals surface area contributed by atoms with Gasteiger partial charge in [-0.3, -0.25) is 4.57 Å². The van der Waals surface area contributed by atoms with Gasteiger partial charge in [0.25, 0.3) is 0 Å². The van der Waals surface area contributed by atoms with Crippen molar-refractivity contribution < 1.29 is 4.79 Å². The first-order valence-corrected chi connectivity index (χ1v) is 6.60. The van der Waals surface area contributed by atoms with Crippen LogP contribution in [0.1, 0.15) is 0 Å². The third kappa shape index (κ3) is 2.24. The number of nitrogens with zero attached hydrogens (tertiary/aromatic N) is 2. The van der Waals surface area contributed by atoms with E-state index in [2.05, 4.69) is 10.3 Å². The van der Waals surface area contributed by atoms with E-state index in [0.717, 1.165) is 11.0 Å². The fourth-order valence-corrected chi connectivity index (χ4v) is 2.24. The van der Waals surface area contributed by atoms with Gasteiger partial charge >= 0.3 is 6.03 Å². The third-order valence-corrected chi connectivity index (χ3v) is 3.68. The molecule has 1 aromatic heterocycles. The maximum atomic E-state index is 12.3. The lowest BCUT2D eigenvalue weighted by Gasteiger charge is -2.08. The van der Waals surface area contributed by atoms with Crippen LogP contribution in [0.5, 0.6) is 0 Å². The number of halogens is 2. The second-order valence-corrected chi connectivity index (χ2v) is 4.92. The molecular formula is C14H9Cl2N3O. The zero-order chi connectivity index (χ0) is 14.1. The topological polar surface area (TPSA) is 46.9 Å². The highest BCUT2D eigenvalue weighted by molar-refractivity contribution is 6.44. The number of hydrogen-bond acceptors (Lipinski definition) is 2. The lowest BCUT2D eigenvalue weighted by Crippen LogP contribution is -2.18. The Morgan fingerprint density at radius 1 is 1.10 bits per heavy atom. The predicted octanol–water partition coefficient (Wildman–Crippen LogP) is 4.42. The van der Waals surface area contributed by atoms with Gasteiger partial charge < -0.3 is 5.32 Å². The molecule has 0 bridgehead atoms. The molecule has 0 fully saturated rings. The van der Waals surface area contributed by atoms with Gasteiger partial charge in [-0.05, 0) is 24.3 Å². The fraction of sp³-hybridized carbons (Fsp3) is 0. The Labute approximate surface area is 124 Å². The van der Waals surface area contributed by atoms with E-state index in [1.54, 1.807) is 18.2 Å². The molecule has 1 N–H and O–H groups in total. The molecule has 3 rings (SSSR count). The van der Waals surface area contributed by atoms with Crippen molar-refractivity contribution in [1.82, 2.24) is 9.55 Å². The SMILES string of the molecule is O=C(Nc1cccc(Cl)c1Cl)n1cnc2ccccc21. The van der Waals surface area contributed by atoms with Crippen LogP contribution in [-0.2, 0) is 0 Å². The Kier molecular flexibility index (Phi) is 3.34. The second-order valence-electron chi connectivity index (χ2n) is 4.13. The number of carbonyl (C=O) groups excluding carboxylic acids is 1. The first-order chi connectivity index (χ1) is 9.66. The Morgan fingerprint density at radius 3 is 2.75 bits per heavy atom. The predicted molar refractivity (Wildman–Crippen MR) is 80.6 cm³/mol. The van der Waals surface area contributed by atoms with Crippen molar-refractivity contribution in [2.24, 2.45) is 0 Å². The standard InChI is InChI=1S/C14H9Cl2N3O/c15-9-4-3-6-11(13(9)16)18-14(20)19-8-17-10-5-1-2-7-12(10)19/h1-8H,(H,18,20). The Morgan fingerprint density at radius 2 is 1.90 bits per heavy atom. The fourth-order valence-electron chi connectivity index (χ4n) is 1.90. The number of aromatic nitrogens is 2. The first-order valence-electron chi connectivity index (χ1n) is 5.84. The minimum Gasteiger partial charge on any atom is -0.306 e. The monoisotopic (exact) mass is 305 g/mol. The summed E-state index contributed by atoms with van der Waals surface area (Å²) in [5, 5.41) is 3.41. The van der Waals surface area contributed by atoms with Crippen LogP contribution < -0.4 is 5.32 Å². The zero-order valence-electron chi connectivity index (χ0n) is 10.2. The molecule has 1 heterocycles. The van der Waals surface area contributed by atoms with Crippen LogP contribution in [0.15, 0.2) is 48.8 Å². The largest absolute Gasteiger partial charge is 0.331 e. The molecule has 0 radical (unpaired) electrons. The number of amides is 1. The van der Waals surface area contributed by atoms with Gasteiger partial charge in [0, 0.05) is 0 Å². The molecule has 0 saturated heterocycles. The van der Waals surface area contributed by atoms with E-state index in [4.69, 9.17) is 23.2 Å². The van der Waals surface area contributed by atoms with E-state index in [9.17, 15) is 4.79 Å². The summed E-state index contributed by atoms with van der Waals surface area (Å²) in [5.41, 5.74) is 1.94. The number of anilines is 1. The number of fused-ring (bicyclic) bond motifs is 1. The summed E-state index contributed by atoms with van der Waals surface area (Å²) in [6.45, 7) is 0. The highest BCUT2D eigenvalue weighted by Gasteiger charge is 2.12. The number of para-hydroxylation sites is 2. The van der Waals surface area contributed by atoms with Crippen molar-refractivity contribution in [1.29, 1.82) is 0 Å². The Bertz CT molecular complexity index is 798. The lowest BCUT2D eigenvalue weighted by molar-refractivity contribution is 0.254. The molecule has 0 saturated carbocycles. The molecule has 0 aliphatic heterocycles. The van der Waals surface area contributed by atoms with Crippen LogP contribution in [0.2, 0.25) is 10.0 Å². The van der Waals surface area contributed by atoms with Crippen LogP contribution in [0, 0.1) is 0 Å². The van der Waals surface area contributed by atoms with Crippen LogP contribution >= 0.6 is 23.2 Å². The quantitative estimate of drug-likeness (QED) is 0.723. The van der Waals surface area contributed by atoms with Crippen molar-refractivity contribution in [3.63, 3.8) is 0 Å². The minimum absolute atomic E-state index is 0.312. The van der Waals surface area contributed by atoms with Crippen molar-refractivity contribution in [2.75, 3.05) is 5.32 Å². The van der Waals surface area contributed by atoms with Gasteiger partial charge in [0.05, 0.1) is 26.8 Å². The third-order valence-electron chi connectivity index (χ3n) is 2.87. The van der Waals surface area contributed by atoms with Crippen molar-refractivity contribution >= 4 is 46.0 Å². The average molecular weight is 306 g/mol. The van der Waals surface area contributed by atoms with Crippen LogP contribution in [0.25, 0.3) is 11.0 Å². The summed E-state index contributed by atoms with van der Waals surface area (Å²) in [4.78, 5) is 16.4. The smallest absolute Gasteiger partial charge is 0.306 e. The highest BCUT2D eigenvalue weighted by atomic mass is 35.5. The maximum Gasteiger partial charge on any atom is 0.331 e. The highest BCUT2D eigenvalue weighted by Crippen LogP contribution is 2.29. The van der Waals surface area contributed by atoms with Gasteiger partial charge in [-0.25, -0.2) is 9.78 Å². The van der Waals surface area contributed by atoms with Crippen molar-refractivity contribution in [2.45, 2.75) is 0 Å². The minimum atomic E-state index is -0.345. The summed E-state index contributed by atoms with van der Waals surface area (Å²) < 4.78 is 1.42. The van der Waals surface area contributed by atoms with E-state index in [-0.39, 0.29) is 6.03 Å². The number of imidazole rings is 1. The Hall–Kier alpha value is -2.04. The molecule has 1 amide bonds. The van der Waals surface area contributed by atoms with E-state index in [1.807, 2.05) is 24.3 Å². The summed E-state index contributed by atoms with van der Waals surface area (Å²) in [6.07, 6.45) is 1.47. The van der Waals surface area contributed by atoms with Crippen LogP contribution in [0.3, 0.4) is 0 Å². The molecule has 3 aromatic rings. The summed E-state index contributed by atoms with van der Waals surface area (Å²) in [5.74, 6) is 0. The van der Waals surface area contributed by atoms with Gasteiger partial charge in [0.1, 0.15) is 6.33 Å². The van der Waals surface area contributed by atoms with E-state index in [1.165, 1.54) is 10.9 Å².